The second-order valence-electron chi connectivity index (χ2n) is 6.96. The number of fused-ring (bicyclic) bond motifs is 1. The van der Waals surface area contributed by atoms with Crippen molar-refractivity contribution in [2.45, 2.75) is 44.9 Å². The Hall–Kier alpha value is -2.09. The summed E-state index contributed by atoms with van der Waals surface area (Å²) < 4.78 is 41.1. The van der Waals surface area contributed by atoms with Gasteiger partial charge in [0.05, 0.1) is 11.0 Å². The van der Waals surface area contributed by atoms with Gasteiger partial charge in [-0.15, -0.1) is 0 Å². The van der Waals surface area contributed by atoms with E-state index in [1.54, 1.807) is 30.9 Å². The fraction of sp³-hybridized carbons (Fsp3) is 0.556. The molecule has 0 spiro atoms. The fourth-order valence-electron chi connectivity index (χ4n) is 3.51. The Morgan fingerprint density at radius 1 is 1.27 bits per heavy atom. The number of likely N-dealkylation sites (tertiary alicyclic amines) is 1. The molecule has 1 saturated heterocycles. The van der Waals surface area contributed by atoms with Crippen molar-refractivity contribution in [3.8, 4) is 0 Å². The topological polar surface area (TPSA) is 50.2 Å². The molecule has 2 aromatic rings. The Bertz CT molecular complexity index is 805. The van der Waals surface area contributed by atoms with Gasteiger partial charge in [-0.25, -0.2) is 4.98 Å². The molecule has 1 amide bonds. The molecule has 1 aromatic heterocycles. The normalized spacial score (nSPS) is 16.7. The van der Waals surface area contributed by atoms with Crippen LogP contribution in [0, 0.1) is 0 Å². The molecular formula is C18H23F3N4O. The van der Waals surface area contributed by atoms with Crippen LogP contribution in [-0.4, -0.2) is 46.5 Å². The van der Waals surface area contributed by atoms with Gasteiger partial charge in [0.2, 0.25) is 5.82 Å². The Kier molecular flexibility index (Phi) is 4.96. The standard InChI is InChI=1S/C18H23F3N4O/c1-11(2)25-15-5-4-12(10-14(15)23-17(25)18(19,20)21)16(26)24-8-6-13(22-3)7-9-24/h4-5,10-11,13,22H,6-9H2,1-3H3. The van der Waals surface area contributed by atoms with E-state index in [2.05, 4.69) is 10.3 Å². The lowest BCUT2D eigenvalue weighted by Crippen LogP contribution is -2.43. The van der Waals surface area contributed by atoms with Crippen LogP contribution in [0.5, 0.6) is 0 Å². The van der Waals surface area contributed by atoms with E-state index in [0.29, 0.717) is 30.2 Å². The minimum Gasteiger partial charge on any atom is -0.339 e. The molecule has 2 heterocycles. The van der Waals surface area contributed by atoms with E-state index in [-0.39, 0.29) is 11.4 Å². The maximum Gasteiger partial charge on any atom is 0.449 e. The molecule has 8 heteroatoms. The molecule has 1 aliphatic rings. The first kappa shape index (κ1) is 18.7. The average Bonchev–Trinajstić information content (AvgIpc) is 3.00. The maximum atomic E-state index is 13.3. The number of carbonyl (C=O) groups is 1. The predicted octanol–water partition coefficient (Wildman–Crippen LogP) is 3.46. The summed E-state index contributed by atoms with van der Waals surface area (Å²) in [6, 6.07) is 4.63. The van der Waals surface area contributed by atoms with Crippen molar-refractivity contribution < 1.29 is 18.0 Å². The quantitative estimate of drug-likeness (QED) is 0.903. The van der Waals surface area contributed by atoms with E-state index in [9.17, 15) is 18.0 Å². The third kappa shape index (κ3) is 3.42. The number of benzene rings is 1. The van der Waals surface area contributed by atoms with E-state index in [1.165, 1.54) is 10.6 Å². The number of nitrogens with zero attached hydrogens (tertiary/aromatic N) is 3. The van der Waals surface area contributed by atoms with Gasteiger partial charge in [-0.1, -0.05) is 0 Å². The van der Waals surface area contributed by atoms with Crippen molar-refractivity contribution in [2.75, 3.05) is 20.1 Å². The third-order valence-corrected chi connectivity index (χ3v) is 4.90. The lowest BCUT2D eigenvalue weighted by Gasteiger charge is -2.31. The smallest absolute Gasteiger partial charge is 0.339 e. The van der Waals surface area contributed by atoms with Gasteiger partial charge in [-0.2, -0.15) is 13.2 Å². The summed E-state index contributed by atoms with van der Waals surface area (Å²) in [5.74, 6) is -1.09. The minimum absolute atomic E-state index is 0.158. The average molecular weight is 368 g/mol. The van der Waals surface area contributed by atoms with Crippen molar-refractivity contribution >= 4 is 16.9 Å². The molecule has 3 rings (SSSR count). The molecule has 0 bridgehead atoms. The van der Waals surface area contributed by atoms with Crippen LogP contribution < -0.4 is 5.32 Å². The predicted molar refractivity (Wildman–Crippen MR) is 93.1 cm³/mol. The zero-order valence-electron chi connectivity index (χ0n) is 15.1. The second-order valence-corrected chi connectivity index (χ2v) is 6.96. The first-order valence-corrected chi connectivity index (χ1v) is 8.78. The first-order chi connectivity index (χ1) is 12.2. The van der Waals surface area contributed by atoms with Crippen LogP contribution in [0.2, 0.25) is 0 Å². The first-order valence-electron chi connectivity index (χ1n) is 8.78. The van der Waals surface area contributed by atoms with Gasteiger partial charge >= 0.3 is 6.18 Å². The van der Waals surface area contributed by atoms with Gasteiger partial charge in [0.15, 0.2) is 0 Å². The molecule has 5 nitrogen and oxygen atoms in total. The molecule has 26 heavy (non-hydrogen) atoms. The summed E-state index contributed by atoms with van der Waals surface area (Å²) in [5.41, 5.74) is 0.960. The van der Waals surface area contributed by atoms with Crippen molar-refractivity contribution in [1.29, 1.82) is 0 Å². The van der Waals surface area contributed by atoms with Gasteiger partial charge in [0.25, 0.3) is 5.91 Å². The second kappa shape index (κ2) is 6.90. The number of nitrogens with one attached hydrogen (secondary N) is 1. The number of carbonyl (C=O) groups excluding carboxylic acids is 1. The molecule has 1 aliphatic heterocycles. The van der Waals surface area contributed by atoms with Crippen LogP contribution in [0.15, 0.2) is 18.2 Å². The Labute approximate surface area is 150 Å². The van der Waals surface area contributed by atoms with Crippen molar-refractivity contribution in [2.24, 2.45) is 0 Å². The van der Waals surface area contributed by atoms with E-state index >= 15 is 0 Å². The molecule has 0 aliphatic carbocycles. The van der Waals surface area contributed by atoms with Crippen LogP contribution in [0.3, 0.4) is 0 Å². The Morgan fingerprint density at radius 2 is 1.92 bits per heavy atom. The number of hydrogen-bond donors (Lipinski definition) is 1. The summed E-state index contributed by atoms with van der Waals surface area (Å²) in [6.45, 7) is 4.63. The third-order valence-electron chi connectivity index (χ3n) is 4.90. The van der Waals surface area contributed by atoms with Crippen molar-refractivity contribution in [3.05, 3.63) is 29.6 Å². The molecule has 1 aromatic carbocycles. The lowest BCUT2D eigenvalue weighted by molar-refractivity contribution is -0.147. The molecule has 0 unspecified atom stereocenters. The van der Waals surface area contributed by atoms with Gasteiger partial charge < -0.3 is 14.8 Å². The monoisotopic (exact) mass is 368 g/mol. The van der Waals surface area contributed by atoms with Gasteiger partial charge in [-0.05, 0) is 51.9 Å². The molecule has 0 atom stereocenters. The van der Waals surface area contributed by atoms with E-state index < -0.39 is 18.0 Å². The van der Waals surface area contributed by atoms with Crippen LogP contribution in [0.1, 0.15) is 48.9 Å². The fourth-order valence-corrected chi connectivity index (χ4v) is 3.51. The summed E-state index contributed by atoms with van der Waals surface area (Å²) in [5, 5.41) is 3.20. The highest BCUT2D eigenvalue weighted by Crippen LogP contribution is 2.34. The largest absolute Gasteiger partial charge is 0.449 e. The van der Waals surface area contributed by atoms with E-state index in [1.807, 2.05) is 7.05 Å². The summed E-state index contributed by atoms with van der Waals surface area (Å²) in [4.78, 5) is 18.2. The highest BCUT2D eigenvalue weighted by atomic mass is 19.4. The molecular weight excluding hydrogens is 345 g/mol. The number of alkyl halides is 3. The summed E-state index contributed by atoms with van der Waals surface area (Å²) in [7, 11) is 1.90. The molecule has 1 fully saturated rings. The molecule has 142 valence electrons. The van der Waals surface area contributed by atoms with Gasteiger partial charge in [0, 0.05) is 30.7 Å². The van der Waals surface area contributed by atoms with Crippen LogP contribution in [0.4, 0.5) is 13.2 Å². The molecule has 0 saturated carbocycles. The highest BCUT2D eigenvalue weighted by molar-refractivity contribution is 5.97. The number of aromatic nitrogens is 2. The van der Waals surface area contributed by atoms with E-state index in [0.717, 1.165) is 12.8 Å². The number of hydrogen-bond acceptors (Lipinski definition) is 3. The van der Waals surface area contributed by atoms with Gasteiger partial charge in [-0.3, -0.25) is 4.79 Å². The molecule has 0 radical (unpaired) electrons. The van der Waals surface area contributed by atoms with Crippen molar-refractivity contribution in [1.82, 2.24) is 19.8 Å². The number of imidazole rings is 1. The number of halogens is 3. The molecule has 1 N–H and O–H groups in total. The Morgan fingerprint density at radius 3 is 2.46 bits per heavy atom. The van der Waals surface area contributed by atoms with Crippen LogP contribution >= 0.6 is 0 Å². The summed E-state index contributed by atoms with van der Waals surface area (Å²) >= 11 is 0. The van der Waals surface area contributed by atoms with Crippen LogP contribution in [0.25, 0.3) is 11.0 Å². The SMILES string of the molecule is CNC1CCN(C(=O)c2ccc3c(c2)nc(C(F)(F)F)n3C(C)C)CC1. The maximum absolute atomic E-state index is 13.3. The minimum atomic E-state index is -4.54. The zero-order valence-corrected chi connectivity index (χ0v) is 15.1. The number of piperidine rings is 1. The Balaban J connectivity index is 1.93. The van der Waals surface area contributed by atoms with Crippen molar-refractivity contribution in [3.63, 3.8) is 0 Å². The lowest BCUT2D eigenvalue weighted by atomic mass is 10.0. The van der Waals surface area contributed by atoms with Crippen LogP contribution in [-0.2, 0) is 6.18 Å². The zero-order chi connectivity index (χ0) is 19.1. The summed E-state index contributed by atoms with van der Waals surface area (Å²) in [6.07, 6.45) is -2.81. The highest BCUT2D eigenvalue weighted by Gasteiger charge is 2.38. The van der Waals surface area contributed by atoms with Gasteiger partial charge in [0.1, 0.15) is 0 Å². The van der Waals surface area contributed by atoms with E-state index in [4.69, 9.17) is 0 Å². The number of rotatable bonds is 3. The number of amides is 1.